The van der Waals surface area contributed by atoms with Crippen LogP contribution >= 0.6 is 15.9 Å². The quantitative estimate of drug-likeness (QED) is 0.878. The summed E-state index contributed by atoms with van der Waals surface area (Å²) in [6.07, 6.45) is 3.22. The zero-order valence-electron chi connectivity index (χ0n) is 10.8. The molecule has 1 aromatic rings. The van der Waals surface area contributed by atoms with Crippen LogP contribution in [0.3, 0.4) is 0 Å². The first-order valence-corrected chi connectivity index (χ1v) is 8.58. The van der Waals surface area contributed by atoms with Gasteiger partial charge >= 0.3 is 0 Å². The van der Waals surface area contributed by atoms with E-state index in [0.717, 1.165) is 18.4 Å². The van der Waals surface area contributed by atoms with Crippen LogP contribution in [0.25, 0.3) is 0 Å². The Labute approximate surface area is 122 Å². The van der Waals surface area contributed by atoms with Gasteiger partial charge in [0.25, 0.3) is 0 Å². The van der Waals surface area contributed by atoms with Gasteiger partial charge in [0.05, 0.1) is 10.5 Å². The number of nitrogens with one attached hydrogen (secondary N) is 1. The second-order valence-electron chi connectivity index (χ2n) is 5.19. The first kappa shape index (κ1) is 15.0. The predicted molar refractivity (Wildman–Crippen MR) is 77.5 cm³/mol. The molecule has 0 atom stereocenters. The number of rotatable bonds is 4. The molecule has 1 aromatic carbocycles. The molecule has 4 nitrogen and oxygen atoms in total. The van der Waals surface area contributed by atoms with Crippen LogP contribution < -0.4 is 4.72 Å². The lowest BCUT2D eigenvalue weighted by Gasteiger charge is -2.22. The molecule has 0 aliphatic heterocycles. The summed E-state index contributed by atoms with van der Waals surface area (Å²) in [5.74, 6) is 0. The lowest BCUT2D eigenvalue weighted by Crippen LogP contribution is -2.40. The largest absolute Gasteiger partial charge is 0.389 e. The van der Waals surface area contributed by atoms with E-state index in [1.807, 2.05) is 13.0 Å². The van der Waals surface area contributed by atoms with Gasteiger partial charge in [0.1, 0.15) is 0 Å². The van der Waals surface area contributed by atoms with Gasteiger partial charge in [-0.05, 0) is 53.4 Å². The van der Waals surface area contributed by atoms with Crippen LogP contribution in [0.4, 0.5) is 0 Å². The number of aliphatic hydroxyl groups is 1. The zero-order valence-corrected chi connectivity index (χ0v) is 13.2. The Morgan fingerprint density at radius 2 is 2.00 bits per heavy atom. The highest BCUT2D eigenvalue weighted by molar-refractivity contribution is 9.10. The van der Waals surface area contributed by atoms with Crippen molar-refractivity contribution in [1.82, 2.24) is 4.72 Å². The van der Waals surface area contributed by atoms with Crippen molar-refractivity contribution in [3.63, 3.8) is 0 Å². The molecule has 1 aliphatic rings. The standard InChI is InChI=1S/C13H18BrNO3S/c1-10-4-5-11(14)12(8-10)19(17,18)15-9-13(16)6-2-3-7-13/h4-5,8,15-16H,2-3,6-7,9H2,1H3. The van der Waals surface area contributed by atoms with Gasteiger partial charge < -0.3 is 5.11 Å². The van der Waals surface area contributed by atoms with Crippen LogP contribution in [0.2, 0.25) is 0 Å². The molecule has 0 radical (unpaired) electrons. The Balaban J connectivity index is 2.16. The van der Waals surface area contributed by atoms with E-state index in [0.29, 0.717) is 17.3 Å². The Hall–Kier alpha value is -0.430. The number of benzene rings is 1. The summed E-state index contributed by atoms with van der Waals surface area (Å²) in [4.78, 5) is 0.217. The average molecular weight is 348 g/mol. The number of hydrogen-bond donors (Lipinski definition) is 2. The van der Waals surface area contributed by atoms with Crippen molar-refractivity contribution in [3.05, 3.63) is 28.2 Å². The Kier molecular flexibility index (Phi) is 4.35. The van der Waals surface area contributed by atoms with Gasteiger partial charge in [-0.1, -0.05) is 18.9 Å². The molecule has 0 heterocycles. The minimum absolute atomic E-state index is 0.0791. The molecule has 19 heavy (non-hydrogen) atoms. The third kappa shape index (κ3) is 3.56. The Bertz CT molecular complexity index is 565. The summed E-state index contributed by atoms with van der Waals surface area (Å²) < 4.78 is 27.6. The fourth-order valence-electron chi connectivity index (χ4n) is 2.33. The maximum absolute atomic E-state index is 12.3. The van der Waals surface area contributed by atoms with Gasteiger partial charge in [-0.2, -0.15) is 0 Å². The zero-order chi connectivity index (χ0) is 14.1. The van der Waals surface area contributed by atoms with E-state index in [1.54, 1.807) is 12.1 Å². The lowest BCUT2D eigenvalue weighted by molar-refractivity contribution is 0.0532. The van der Waals surface area contributed by atoms with Crippen molar-refractivity contribution in [3.8, 4) is 0 Å². The summed E-state index contributed by atoms with van der Waals surface area (Å²) in [6.45, 7) is 1.92. The van der Waals surface area contributed by atoms with E-state index >= 15 is 0 Å². The molecule has 2 N–H and O–H groups in total. The van der Waals surface area contributed by atoms with Gasteiger partial charge in [0.2, 0.25) is 10.0 Å². The molecular weight excluding hydrogens is 330 g/mol. The minimum Gasteiger partial charge on any atom is -0.389 e. The highest BCUT2D eigenvalue weighted by Crippen LogP contribution is 2.29. The van der Waals surface area contributed by atoms with Crippen LogP contribution in [-0.4, -0.2) is 25.7 Å². The highest BCUT2D eigenvalue weighted by atomic mass is 79.9. The van der Waals surface area contributed by atoms with Crippen LogP contribution in [0.1, 0.15) is 31.2 Å². The summed E-state index contributed by atoms with van der Waals surface area (Å²) in [5.41, 5.74) is -0.00762. The van der Waals surface area contributed by atoms with Crippen LogP contribution in [-0.2, 0) is 10.0 Å². The average Bonchev–Trinajstić information content (AvgIpc) is 2.78. The summed E-state index contributed by atoms with van der Waals surface area (Å²) in [5, 5.41) is 10.2. The van der Waals surface area contributed by atoms with Gasteiger partial charge in [-0.15, -0.1) is 0 Å². The predicted octanol–water partition coefficient (Wildman–Crippen LogP) is 2.34. The van der Waals surface area contributed by atoms with Gasteiger partial charge in [-0.25, -0.2) is 13.1 Å². The first-order valence-electron chi connectivity index (χ1n) is 6.31. The molecule has 0 bridgehead atoms. The van der Waals surface area contributed by atoms with Crippen molar-refractivity contribution in [1.29, 1.82) is 0 Å². The van der Waals surface area contributed by atoms with E-state index in [-0.39, 0.29) is 11.4 Å². The maximum Gasteiger partial charge on any atom is 0.241 e. The molecule has 6 heteroatoms. The first-order chi connectivity index (χ1) is 8.82. The van der Waals surface area contributed by atoms with E-state index in [4.69, 9.17) is 0 Å². The number of halogens is 1. The summed E-state index contributed by atoms with van der Waals surface area (Å²) >= 11 is 3.25. The highest BCUT2D eigenvalue weighted by Gasteiger charge is 2.32. The second kappa shape index (κ2) is 5.52. The van der Waals surface area contributed by atoms with Crippen LogP contribution in [0.15, 0.2) is 27.6 Å². The minimum atomic E-state index is -3.60. The van der Waals surface area contributed by atoms with E-state index in [9.17, 15) is 13.5 Å². The molecule has 1 saturated carbocycles. The fraction of sp³-hybridized carbons (Fsp3) is 0.538. The normalized spacial score (nSPS) is 18.7. The Morgan fingerprint density at radius 1 is 1.37 bits per heavy atom. The smallest absolute Gasteiger partial charge is 0.241 e. The molecular formula is C13H18BrNO3S. The summed E-state index contributed by atoms with van der Waals surface area (Å²) in [7, 11) is -3.60. The summed E-state index contributed by atoms with van der Waals surface area (Å²) in [6, 6.07) is 5.17. The van der Waals surface area contributed by atoms with E-state index in [1.165, 1.54) is 0 Å². The van der Waals surface area contributed by atoms with Crippen molar-refractivity contribution in [2.24, 2.45) is 0 Å². The molecule has 106 valence electrons. The van der Waals surface area contributed by atoms with E-state index < -0.39 is 15.6 Å². The molecule has 0 unspecified atom stereocenters. The van der Waals surface area contributed by atoms with Crippen molar-refractivity contribution >= 4 is 26.0 Å². The SMILES string of the molecule is Cc1ccc(Br)c(S(=O)(=O)NCC2(O)CCCC2)c1. The molecule has 0 saturated heterocycles. The van der Waals surface area contributed by atoms with Gasteiger partial charge in [0.15, 0.2) is 0 Å². The van der Waals surface area contributed by atoms with Crippen LogP contribution in [0, 0.1) is 6.92 Å². The monoisotopic (exact) mass is 347 g/mol. The molecule has 1 aliphatic carbocycles. The third-order valence-corrected chi connectivity index (χ3v) is 5.90. The molecule has 1 fully saturated rings. The second-order valence-corrected chi connectivity index (χ2v) is 7.78. The topological polar surface area (TPSA) is 66.4 Å². The number of hydrogen-bond acceptors (Lipinski definition) is 3. The van der Waals surface area contributed by atoms with Crippen molar-refractivity contribution in [2.75, 3.05) is 6.54 Å². The molecule has 2 rings (SSSR count). The maximum atomic E-state index is 12.3. The van der Waals surface area contributed by atoms with Gasteiger partial charge in [-0.3, -0.25) is 0 Å². The van der Waals surface area contributed by atoms with E-state index in [2.05, 4.69) is 20.7 Å². The third-order valence-electron chi connectivity index (χ3n) is 3.50. The molecule has 0 amide bonds. The number of aryl methyl sites for hydroxylation is 1. The van der Waals surface area contributed by atoms with Crippen molar-refractivity contribution in [2.45, 2.75) is 43.1 Å². The lowest BCUT2D eigenvalue weighted by atomic mass is 10.0. The van der Waals surface area contributed by atoms with Crippen LogP contribution in [0.5, 0.6) is 0 Å². The Morgan fingerprint density at radius 3 is 2.63 bits per heavy atom. The molecule has 0 spiro atoms. The van der Waals surface area contributed by atoms with Crippen molar-refractivity contribution < 1.29 is 13.5 Å². The molecule has 0 aromatic heterocycles. The fourth-order valence-corrected chi connectivity index (χ4v) is 4.50. The van der Waals surface area contributed by atoms with Gasteiger partial charge in [0, 0.05) is 11.0 Å². The number of sulfonamides is 1.